The lowest BCUT2D eigenvalue weighted by Gasteiger charge is -2.31. The Morgan fingerprint density at radius 2 is 2.08 bits per heavy atom. The van der Waals surface area contributed by atoms with Crippen LogP contribution in [0.25, 0.3) is 11.4 Å². The van der Waals surface area contributed by atoms with Crippen molar-refractivity contribution in [2.24, 2.45) is 0 Å². The molecule has 8 heteroatoms. The Hall–Kier alpha value is -1.57. The van der Waals surface area contributed by atoms with Crippen LogP contribution in [0.15, 0.2) is 29.4 Å². The van der Waals surface area contributed by atoms with Crippen LogP contribution in [0.1, 0.15) is 19.8 Å². The van der Waals surface area contributed by atoms with Crippen LogP contribution in [0.4, 0.5) is 0 Å². The number of piperidine rings is 1. The van der Waals surface area contributed by atoms with Crippen LogP contribution in [0.2, 0.25) is 5.02 Å². The van der Waals surface area contributed by atoms with E-state index in [9.17, 15) is 4.79 Å². The van der Waals surface area contributed by atoms with E-state index in [0.717, 1.165) is 38.0 Å². The summed E-state index contributed by atoms with van der Waals surface area (Å²) in [5.41, 5.74) is 0.913. The Morgan fingerprint density at radius 1 is 1.36 bits per heavy atom. The van der Waals surface area contributed by atoms with Gasteiger partial charge in [-0.25, -0.2) is 4.98 Å². The van der Waals surface area contributed by atoms with Gasteiger partial charge in [0.2, 0.25) is 11.1 Å². The van der Waals surface area contributed by atoms with Gasteiger partial charge in [0.25, 0.3) is 0 Å². The fourth-order valence-electron chi connectivity index (χ4n) is 2.84. The van der Waals surface area contributed by atoms with E-state index in [0.29, 0.717) is 21.8 Å². The molecule has 0 spiro atoms. The van der Waals surface area contributed by atoms with Gasteiger partial charge in [-0.15, -0.1) is 5.10 Å². The van der Waals surface area contributed by atoms with Gasteiger partial charge in [-0.1, -0.05) is 30.3 Å². The summed E-state index contributed by atoms with van der Waals surface area (Å²) in [6.45, 7) is 5.36. The molecule has 1 aliphatic rings. The van der Waals surface area contributed by atoms with Crippen LogP contribution in [0, 0.1) is 0 Å². The molecule has 0 unspecified atom stereocenters. The zero-order chi connectivity index (χ0) is 17.6. The number of aromatic nitrogens is 3. The highest BCUT2D eigenvalue weighted by molar-refractivity contribution is 7.99. The average molecular weight is 380 g/mol. The second kappa shape index (κ2) is 8.69. The zero-order valence-electron chi connectivity index (χ0n) is 14.2. The minimum absolute atomic E-state index is 0.0396. The van der Waals surface area contributed by atoms with Crippen molar-refractivity contribution in [3.8, 4) is 11.4 Å². The number of rotatable bonds is 6. The third kappa shape index (κ3) is 5.20. The molecule has 1 fully saturated rings. The average Bonchev–Trinajstić information content (AvgIpc) is 3.10. The SMILES string of the molecule is CCN1CCC(NC(=O)CSc2n[nH]c(-c3ccc(Cl)cc3)n2)CC1. The molecule has 1 amide bonds. The van der Waals surface area contributed by atoms with Gasteiger partial charge < -0.3 is 10.2 Å². The fraction of sp³-hybridized carbons (Fsp3) is 0.471. The van der Waals surface area contributed by atoms with Crippen LogP contribution in [0.5, 0.6) is 0 Å². The predicted octanol–water partition coefficient (Wildman–Crippen LogP) is 2.82. The van der Waals surface area contributed by atoms with E-state index in [1.165, 1.54) is 11.8 Å². The van der Waals surface area contributed by atoms with Crippen molar-refractivity contribution in [1.29, 1.82) is 0 Å². The van der Waals surface area contributed by atoms with Gasteiger partial charge in [0.05, 0.1) is 5.75 Å². The maximum absolute atomic E-state index is 12.1. The van der Waals surface area contributed by atoms with E-state index in [-0.39, 0.29) is 11.9 Å². The molecule has 134 valence electrons. The first-order chi connectivity index (χ1) is 12.1. The summed E-state index contributed by atoms with van der Waals surface area (Å²) in [6.07, 6.45) is 2.04. The first kappa shape index (κ1) is 18.2. The number of hydrogen-bond donors (Lipinski definition) is 2. The molecule has 3 rings (SSSR count). The van der Waals surface area contributed by atoms with Crippen molar-refractivity contribution in [3.05, 3.63) is 29.3 Å². The largest absolute Gasteiger partial charge is 0.353 e. The fourth-order valence-corrected chi connectivity index (χ4v) is 3.58. The number of thioether (sulfide) groups is 1. The van der Waals surface area contributed by atoms with Gasteiger partial charge in [-0.05, 0) is 43.7 Å². The minimum Gasteiger partial charge on any atom is -0.353 e. The van der Waals surface area contributed by atoms with E-state index in [4.69, 9.17) is 11.6 Å². The van der Waals surface area contributed by atoms with Gasteiger partial charge in [0.15, 0.2) is 5.82 Å². The quantitative estimate of drug-likeness (QED) is 0.755. The number of nitrogens with zero attached hydrogens (tertiary/aromatic N) is 3. The second-order valence-electron chi connectivity index (χ2n) is 6.04. The molecular formula is C17H22ClN5OS. The summed E-state index contributed by atoms with van der Waals surface area (Å²) >= 11 is 7.23. The van der Waals surface area contributed by atoms with E-state index in [2.05, 4.69) is 32.3 Å². The molecule has 1 aromatic heterocycles. The van der Waals surface area contributed by atoms with Crippen LogP contribution >= 0.6 is 23.4 Å². The number of halogens is 1. The van der Waals surface area contributed by atoms with Crippen molar-refractivity contribution in [2.45, 2.75) is 31.0 Å². The lowest BCUT2D eigenvalue weighted by atomic mass is 10.1. The molecule has 25 heavy (non-hydrogen) atoms. The lowest BCUT2D eigenvalue weighted by Crippen LogP contribution is -2.45. The standard InChI is InChI=1S/C17H22ClN5OS/c1-2-23-9-7-14(8-10-23)19-15(24)11-25-17-20-16(21-22-17)12-3-5-13(18)6-4-12/h3-6,14H,2,7-11H2,1H3,(H,19,24)(H,20,21,22). The van der Waals surface area contributed by atoms with Gasteiger partial charge in [-0.2, -0.15) is 0 Å². The molecule has 2 heterocycles. The van der Waals surface area contributed by atoms with Crippen molar-refractivity contribution in [1.82, 2.24) is 25.4 Å². The van der Waals surface area contributed by atoms with Crippen molar-refractivity contribution >= 4 is 29.3 Å². The Bertz CT molecular complexity index is 697. The molecule has 0 saturated carbocycles. The molecule has 2 N–H and O–H groups in total. The van der Waals surface area contributed by atoms with Crippen LogP contribution in [0.3, 0.4) is 0 Å². The molecule has 0 atom stereocenters. The van der Waals surface area contributed by atoms with Gasteiger partial charge in [0, 0.05) is 29.7 Å². The second-order valence-corrected chi connectivity index (χ2v) is 7.42. The molecule has 0 aliphatic carbocycles. The topological polar surface area (TPSA) is 73.9 Å². The number of hydrogen-bond acceptors (Lipinski definition) is 5. The van der Waals surface area contributed by atoms with E-state index < -0.39 is 0 Å². The number of carbonyl (C=O) groups excluding carboxylic acids is 1. The molecule has 1 aromatic carbocycles. The zero-order valence-corrected chi connectivity index (χ0v) is 15.7. The third-order valence-electron chi connectivity index (χ3n) is 4.31. The Balaban J connectivity index is 1.46. The summed E-state index contributed by atoms with van der Waals surface area (Å²) in [7, 11) is 0. The summed E-state index contributed by atoms with van der Waals surface area (Å²) in [5, 5.41) is 11.4. The normalized spacial score (nSPS) is 16.1. The first-order valence-electron chi connectivity index (χ1n) is 8.47. The van der Waals surface area contributed by atoms with E-state index >= 15 is 0 Å². The van der Waals surface area contributed by atoms with Crippen molar-refractivity contribution < 1.29 is 4.79 Å². The summed E-state index contributed by atoms with van der Waals surface area (Å²) in [5.74, 6) is 1.04. The number of aromatic amines is 1. The molecule has 0 bridgehead atoms. The summed E-state index contributed by atoms with van der Waals surface area (Å²) in [4.78, 5) is 18.9. The molecule has 1 aliphatic heterocycles. The lowest BCUT2D eigenvalue weighted by molar-refractivity contribution is -0.119. The van der Waals surface area contributed by atoms with E-state index in [1.807, 2.05) is 24.3 Å². The highest BCUT2D eigenvalue weighted by Crippen LogP contribution is 2.21. The summed E-state index contributed by atoms with van der Waals surface area (Å²) in [6, 6.07) is 7.67. The maximum Gasteiger partial charge on any atom is 0.230 e. The highest BCUT2D eigenvalue weighted by atomic mass is 35.5. The molecular weight excluding hydrogens is 358 g/mol. The number of nitrogens with one attached hydrogen (secondary N) is 2. The Morgan fingerprint density at radius 3 is 2.76 bits per heavy atom. The molecule has 2 aromatic rings. The molecule has 6 nitrogen and oxygen atoms in total. The monoisotopic (exact) mass is 379 g/mol. The smallest absolute Gasteiger partial charge is 0.230 e. The van der Waals surface area contributed by atoms with Crippen LogP contribution < -0.4 is 5.32 Å². The highest BCUT2D eigenvalue weighted by Gasteiger charge is 2.19. The number of amides is 1. The first-order valence-corrected chi connectivity index (χ1v) is 9.83. The van der Waals surface area contributed by atoms with Gasteiger partial charge in [-0.3, -0.25) is 9.89 Å². The number of H-pyrrole nitrogens is 1. The number of likely N-dealkylation sites (tertiary alicyclic amines) is 1. The van der Waals surface area contributed by atoms with Crippen molar-refractivity contribution in [3.63, 3.8) is 0 Å². The van der Waals surface area contributed by atoms with Crippen molar-refractivity contribution in [2.75, 3.05) is 25.4 Å². The van der Waals surface area contributed by atoms with Crippen LogP contribution in [-0.2, 0) is 4.79 Å². The van der Waals surface area contributed by atoms with Crippen LogP contribution in [-0.4, -0.2) is 57.4 Å². The third-order valence-corrected chi connectivity index (χ3v) is 5.41. The van der Waals surface area contributed by atoms with Gasteiger partial charge >= 0.3 is 0 Å². The van der Waals surface area contributed by atoms with E-state index in [1.54, 1.807) is 0 Å². The summed E-state index contributed by atoms with van der Waals surface area (Å²) < 4.78 is 0. The molecule has 1 saturated heterocycles. The predicted molar refractivity (Wildman–Crippen MR) is 101 cm³/mol. The van der Waals surface area contributed by atoms with Gasteiger partial charge in [0.1, 0.15) is 0 Å². The number of benzene rings is 1. The molecule has 0 radical (unpaired) electrons. The Labute approximate surface area is 156 Å². The minimum atomic E-state index is 0.0396. The Kier molecular flexibility index (Phi) is 6.34. The number of carbonyl (C=O) groups is 1. The maximum atomic E-state index is 12.1.